The van der Waals surface area contributed by atoms with Crippen LogP contribution in [0.2, 0.25) is 0 Å². The lowest BCUT2D eigenvalue weighted by Gasteiger charge is -2.11. The number of alkyl halides is 3. The van der Waals surface area contributed by atoms with Crippen LogP contribution in [-0.4, -0.2) is 23.0 Å². The highest BCUT2D eigenvalue weighted by Crippen LogP contribution is 2.31. The minimum absolute atomic E-state index is 0.184. The summed E-state index contributed by atoms with van der Waals surface area (Å²) in [6.07, 6.45) is -3.94. The normalized spacial score (nSPS) is 12.7. The lowest BCUT2D eigenvalue weighted by atomic mass is 10.2. The van der Waals surface area contributed by atoms with Crippen LogP contribution in [0.3, 0.4) is 0 Å². The van der Waals surface area contributed by atoms with Gasteiger partial charge in [-0.15, -0.1) is 0 Å². The highest BCUT2D eigenvalue weighted by Gasteiger charge is 2.31. The summed E-state index contributed by atoms with van der Waals surface area (Å²) in [4.78, 5) is 4.58. The standard InChI is InChI=1S/C14H13F3N4O2S2/c1-3-11-19-21-12(8(2)18-13(21)24-11)25(22,23)20-10-6-4-5-9(7-10)14(15,16)17/h4-7,20H,3H2,1-2H3. The summed E-state index contributed by atoms with van der Waals surface area (Å²) in [5, 5.41) is 4.71. The second kappa shape index (κ2) is 5.99. The molecule has 2 heterocycles. The summed E-state index contributed by atoms with van der Waals surface area (Å²) in [6, 6.07) is 3.99. The van der Waals surface area contributed by atoms with Crippen LogP contribution in [-0.2, 0) is 22.6 Å². The average molecular weight is 390 g/mol. The van der Waals surface area contributed by atoms with Crippen LogP contribution >= 0.6 is 11.3 Å². The summed E-state index contributed by atoms with van der Waals surface area (Å²) in [5.41, 5.74) is -0.902. The topological polar surface area (TPSA) is 76.4 Å². The number of rotatable bonds is 4. The molecule has 0 aliphatic rings. The van der Waals surface area contributed by atoms with Crippen molar-refractivity contribution in [3.05, 3.63) is 40.5 Å². The van der Waals surface area contributed by atoms with Crippen molar-refractivity contribution in [3.63, 3.8) is 0 Å². The number of fused-ring (bicyclic) bond motifs is 1. The smallest absolute Gasteiger partial charge is 0.278 e. The van der Waals surface area contributed by atoms with Crippen molar-refractivity contribution >= 4 is 32.0 Å². The number of imidazole rings is 1. The molecule has 0 atom stereocenters. The SMILES string of the molecule is CCc1nn2c(S(=O)(=O)Nc3cccc(C(F)(F)F)c3)c(C)nc2s1. The fourth-order valence-corrected chi connectivity index (χ4v) is 4.54. The second-order valence-corrected chi connectivity index (χ2v) is 7.87. The van der Waals surface area contributed by atoms with Gasteiger partial charge in [0.05, 0.1) is 11.3 Å². The Bertz CT molecular complexity index is 1040. The number of anilines is 1. The van der Waals surface area contributed by atoms with Gasteiger partial charge in [-0.3, -0.25) is 4.72 Å². The third-order valence-electron chi connectivity index (χ3n) is 3.37. The Morgan fingerprint density at radius 3 is 2.68 bits per heavy atom. The van der Waals surface area contributed by atoms with Gasteiger partial charge < -0.3 is 0 Å². The van der Waals surface area contributed by atoms with Crippen molar-refractivity contribution < 1.29 is 21.6 Å². The first-order valence-corrected chi connectivity index (χ1v) is 9.47. The predicted octanol–water partition coefficient (Wildman–Crippen LogP) is 3.48. The van der Waals surface area contributed by atoms with Gasteiger partial charge in [-0.2, -0.15) is 31.2 Å². The molecule has 0 aliphatic heterocycles. The maximum absolute atomic E-state index is 12.8. The molecule has 0 spiro atoms. The number of benzene rings is 1. The summed E-state index contributed by atoms with van der Waals surface area (Å²) in [7, 11) is -4.16. The van der Waals surface area contributed by atoms with Crippen LogP contribution < -0.4 is 4.72 Å². The third-order valence-corrected chi connectivity index (χ3v) is 5.90. The number of aryl methyl sites for hydroxylation is 2. The van der Waals surface area contributed by atoms with Crippen LogP contribution in [0.5, 0.6) is 0 Å². The lowest BCUT2D eigenvalue weighted by molar-refractivity contribution is -0.137. The Labute approximate surface area is 145 Å². The highest BCUT2D eigenvalue weighted by atomic mass is 32.2. The first kappa shape index (κ1) is 17.7. The number of halogens is 3. The molecule has 2 aromatic heterocycles. The quantitative estimate of drug-likeness (QED) is 0.740. The van der Waals surface area contributed by atoms with Crippen molar-refractivity contribution in [1.29, 1.82) is 0 Å². The van der Waals surface area contributed by atoms with Gasteiger partial charge in [-0.05, 0) is 31.5 Å². The monoisotopic (exact) mass is 390 g/mol. The van der Waals surface area contributed by atoms with E-state index in [9.17, 15) is 21.6 Å². The average Bonchev–Trinajstić information content (AvgIpc) is 3.01. The molecule has 1 aromatic carbocycles. The fraction of sp³-hybridized carbons (Fsp3) is 0.286. The molecule has 0 unspecified atom stereocenters. The van der Waals surface area contributed by atoms with Crippen LogP contribution in [0, 0.1) is 6.92 Å². The van der Waals surface area contributed by atoms with Crippen LogP contribution in [0.4, 0.5) is 18.9 Å². The van der Waals surface area contributed by atoms with E-state index in [2.05, 4.69) is 14.8 Å². The molecule has 0 saturated heterocycles. The van der Waals surface area contributed by atoms with Gasteiger partial charge in [0.1, 0.15) is 5.01 Å². The molecule has 11 heteroatoms. The van der Waals surface area contributed by atoms with Crippen molar-refractivity contribution in [1.82, 2.24) is 14.6 Å². The molecule has 3 aromatic rings. The Morgan fingerprint density at radius 1 is 1.32 bits per heavy atom. The molecule has 0 amide bonds. The summed E-state index contributed by atoms with van der Waals surface area (Å²) in [6.45, 7) is 3.38. The number of nitrogens with one attached hydrogen (secondary N) is 1. The van der Waals surface area contributed by atoms with E-state index in [-0.39, 0.29) is 16.4 Å². The third kappa shape index (κ3) is 3.33. The maximum atomic E-state index is 12.8. The molecule has 0 bridgehead atoms. The molecule has 3 rings (SSSR count). The minimum Gasteiger partial charge on any atom is -0.278 e. The predicted molar refractivity (Wildman–Crippen MR) is 87.2 cm³/mol. The van der Waals surface area contributed by atoms with E-state index in [0.717, 1.165) is 18.2 Å². The first-order chi connectivity index (χ1) is 11.6. The largest absolute Gasteiger partial charge is 0.416 e. The Morgan fingerprint density at radius 2 is 2.04 bits per heavy atom. The van der Waals surface area contributed by atoms with Gasteiger partial charge in [0, 0.05) is 5.69 Å². The summed E-state index contributed by atoms with van der Waals surface area (Å²) >= 11 is 1.26. The number of sulfonamides is 1. The van der Waals surface area contributed by atoms with E-state index >= 15 is 0 Å². The number of aromatic nitrogens is 3. The fourth-order valence-electron chi connectivity index (χ4n) is 2.28. The zero-order valence-corrected chi connectivity index (χ0v) is 14.8. The van der Waals surface area contributed by atoms with Gasteiger partial charge in [-0.25, -0.2) is 4.98 Å². The summed E-state index contributed by atoms with van der Waals surface area (Å²) < 4.78 is 67.1. The van der Waals surface area contributed by atoms with Crippen LogP contribution in [0.25, 0.3) is 4.96 Å². The van der Waals surface area contributed by atoms with E-state index in [1.807, 2.05) is 6.92 Å². The maximum Gasteiger partial charge on any atom is 0.416 e. The lowest BCUT2D eigenvalue weighted by Crippen LogP contribution is -2.17. The van der Waals surface area contributed by atoms with E-state index in [1.54, 1.807) is 0 Å². The number of nitrogens with zero attached hydrogens (tertiary/aromatic N) is 3. The van der Waals surface area contributed by atoms with Gasteiger partial charge >= 0.3 is 6.18 Å². The molecule has 0 radical (unpaired) electrons. The zero-order chi connectivity index (χ0) is 18.4. The molecular formula is C14H13F3N4O2S2. The van der Waals surface area contributed by atoms with Crippen molar-refractivity contribution in [2.75, 3.05) is 4.72 Å². The van der Waals surface area contributed by atoms with Crippen molar-refractivity contribution in [3.8, 4) is 0 Å². The zero-order valence-electron chi connectivity index (χ0n) is 13.1. The molecule has 0 saturated carbocycles. The minimum atomic E-state index is -4.56. The Kier molecular flexibility index (Phi) is 4.23. The highest BCUT2D eigenvalue weighted by molar-refractivity contribution is 7.92. The van der Waals surface area contributed by atoms with Crippen LogP contribution in [0.15, 0.2) is 29.3 Å². The van der Waals surface area contributed by atoms with E-state index in [0.29, 0.717) is 16.4 Å². The molecule has 0 fully saturated rings. The molecule has 6 nitrogen and oxygen atoms in total. The molecule has 134 valence electrons. The second-order valence-electron chi connectivity index (χ2n) is 5.23. The number of hydrogen-bond donors (Lipinski definition) is 1. The van der Waals surface area contributed by atoms with Gasteiger partial charge in [-0.1, -0.05) is 24.3 Å². The van der Waals surface area contributed by atoms with Gasteiger partial charge in [0.15, 0.2) is 0 Å². The first-order valence-electron chi connectivity index (χ1n) is 7.17. The molecule has 25 heavy (non-hydrogen) atoms. The Balaban J connectivity index is 2.03. The Hall–Kier alpha value is -2.14. The molecule has 1 N–H and O–H groups in total. The molecular weight excluding hydrogens is 377 g/mol. The summed E-state index contributed by atoms with van der Waals surface area (Å²) in [5.74, 6) is 0. The van der Waals surface area contributed by atoms with Crippen molar-refractivity contribution in [2.24, 2.45) is 0 Å². The van der Waals surface area contributed by atoms with E-state index in [4.69, 9.17) is 0 Å². The van der Waals surface area contributed by atoms with Crippen molar-refractivity contribution in [2.45, 2.75) is 31.5 Å². The van der Waals surface area contributed by atoms with E-state index < -0.39 is 21.8 Å². The van der Waals surface area contributed by atoms with Gasteiger partial charge in [0.2, 0.25) is 9.99 Å². The molecule has 0 aliphatic carbocycles. The number of hydrogen-bond acceptors (Lipinski definition) is 5. The van der Waals surface area contributed by atoms with Gasteiger partial charge in [0.25, 0.3) is 10.0 Å². The van der Waals surface area contributed by atoms with Crippen LogP contribution in [0.1, 0.15) is 23.2 Å². The van der Waals surface area contributed by atoms with E-state index in [1.165, 1.54) is 28.8 Å².